The highest BCUT2D eigenvalue weighted by atomic mass is 16.5. The Bertz CT molecular complexity index is 820. The molecular formula is C20H22N4O2. The van der Waals surface area contributed by atoms with Gasteiger partial charge in [-0.1, -0.05) is 12.1 Å². The number of methoxy groups -OCH3 is 1. The molecule has 0 spiro atoms. The molecule has 0 aliphatic rings. The number of nitrogens with one attached hydrogen (secondary N) is 2. The molecule has 0 atom stereocenters. The van der Waals surface area contributed by atoms with E-state index in [0.717, 1.165) is 28.6 Å². The van der Waals surface area contributed by atoms with E-state index >= 15 is 0 Å². The second-order valence-corrected chi connectivity index (χ2v) is 5.55. The van der Waals surface area contributed by atoms with Gasteiger partial charge in [0.1, 0.15) is 17.3 Å². The summed E-state index contributed by atoms with van der Waals surface area (Å²) in [5.41, 5.74) is 2.06. The molecular weight excluding hydrogens is 328 g/mol. The Morgan fingerprint density at radius 2 is 1.65 bits per heavy atom. The van der Waals surface area contributed by atoms with E-state index in [9.17, 15) is 0 Å². The molecule has 0 bridgehead atoms. The van der Waals surface area contributed by atoms with Gasteiger partial charge in [-0.25, -0.2) is 4.98 Å². The molecule has 0 saturated carbocycles. The quantitative estimate of drug-likeness (QED) is 0.633. The van der Waals surface area contributed by atoms with E-state index < -0.39 is 0 Å². The van der Waals surface area contributed by atoms with Crippen LogP contribution in [0.4, 0.5) is 17.5 Å². The predicted molar refractivity (Wildman–Crippen MR) is 103 cm³/mol. The molecule has 2 N–H and O–H groups in total. The van der Waals surface area contributed by atoms with E-state index in [-0.39, 0.29) is 0 Å². The average molecular weight is 350 g/mol. The van der Waals surface area contributed by atoms with Crippen LogP contribution in [0, 0.1) is 0 Å². The van der Waals surface area contributed by atoms with E-state index in [1.807, 2.05) is 61.5 Å². The average Bonchev–Trinajstić information content (AvgIpc) is 2.69. The lowest BCUT2D eigenvalue weighted by molar-refractivity contribution is 0.340. The molecule has 6 heteroatoms. The van der Waals surface area contributed by atoms with E-state index in [0.29, 0.717) is 19.1 Å². The van der Waals surface area contributed by atoms with Crippen molar-refractivity contribution in [3.8, 4) is 11.5 Å². The van der Waals surface area contributed by atoms with Gasteiger partial charge in [-0.15, -0.1) is 0 Å². The Balaban J connectivity index is 1.60. The molecule has 0 radical (unpaired) electrons. The zero-order valence-electron chi connectivity index (χ0n) is 14.9. The van der Waals surface area contributed by atoms with Crippen molar-refractivity contribution < 1.29 is 9.47 Å². The van der Waals surface area contributed by atoms with Gasteiger partial charge in [0, 0.05) is 18.4 Å². The van der Waals surface area contributed by atoms with E-state index in [2.05, 4.69) is 20.6 Å². The summed E-state index contributed by atoms with van der Waals surface area (Å²) in [5.74, 6) is 2.98. The summed E-state index contributed by atoms with van der Waals surface area (Å²) in [7, 11) is 1.66. The maximum Gasteiger partial charge on any atom is 0.224 e. The normalized spacial score (nSPS) is 10.2. The van der Waals surface area contributed by atoms with Crippen LogP contribution >= 0.6 is 0 Å². The Hall–Kier alpha value is -3.28. The van der Waals surface area contributed by atoms with Crippen molar-refractivity contribution in [3.63, 3.8) is 0 Å². The van der Waals surface area contributed by atoms with Crippen molar-refractivity contribution in [2.75, 3.05) is 24.4 Å². The van der Waals surface area contributed by atoms with Gasteiger partial charge in [-0.3, -0.25) is 0 Å². The zero-order chi connectivity index (χ0) is 18.2. The summed E-state index contributed by atoms with van der Waals surface area (Å²) in [6, 6.07) is 17.5. The summed E-state index contributed by atoms with van der Waals surface area (Å²) in [6.07, 6.45) is 1.72. The predicted octanol–water partition coefficient (Wildman–Crippen LogP) is 4.24. The number of rotatable bonds is 8. The molecule has 0 fully saturated rings. The second kappa shape index (κ2) is 8.71. The first-order valence-corrected chi connectivity index (χ1v) is 8.46. The van der Waals surface area contributed by atoms with Crippen LogP contribution < -0.4 is 20.1 Å². The molecule has 1 aromatic heterocycles. The van der Waals surface area contributed by atoms with Gasteiger partial charge in [0.05, 0.1) is 13.7 Å². The minimum Gasteiger partial charge on any atom is -0.497 e. The van der Waals surface area contributed by atoms with Gasteiger partial charge in [0.15, 0.2) is 0 Å². The molecule has 0 aliphatic carbocycles. The molecule has 3 rings (SSSR count). The standard InChI is InChI=1S/C20H22N4O2/c1-3-26-18-10-6-16(7-11-18)23-19-12-13-21-20(24-19)22-14-15-4-8-17(25-2)9-5-15/h4-13H,3,14H2,1-2H3,(H2,21,22,23,24). The maximum absolute atomic E-state index is 5.45. The van der Waals surface area contributed by atoms with Crippen molar-refractivity contribution in [1.82, 2.24) is 9.97 Å². The Morgan fingerprint density at radius 1 is 0.923 bits per heavy atom. The summed E-state index contributed by atoms with van der Waals surface area (Å²) in [5, 5.41) is 6.49. The largest absolute Gasteiger partial charge is 0.497 e. The SMILES string of the molecule is CCOc1ccc(Nc2ccnc(NCc3ccc(OC)cc3)n2)cc1. The first kappa shape index (κ1) is 17.5. The molecule has 6 nitrogen and oxygen atoms in total. The van der Waals surface area contributed by atoms with Crippen molar-refractivity contribution >= 4 is 17.5 Å². The lowest BCUT2D eigenvalue weighted by atomic mass is 10.2. The minimum atomic E-state index is 0.566. The van der Waals surface area contributed by atoms with Crippen LogP contribution in [0.2, 0.25) is 0 Å². The van der Waals surface area contributed by atoms with Gasteiger partial charge in [-0.05, 0) is 55.0 Å². The van der Waals surface area contributed by atoms with Crippen LogP contribution in [0.15, 0.2) is 60.8 Å². The van der Waals surface area contributed by atoms with Gasteiger partial charge in [0.2, 0.25) is 5.95 Å². The van der Waals surface area contributed by atoms with Gasteiger partial charge in [0.25, 0.3) is 0 Å². The van der Waals surface area contributed by atoms with Crippen molar-refractivity contribution in [2.24, 2.45) is 0 Å². The second-order valence-electron chi connectivity index (χ2n) is 5.55. The summed E-state index contributed by atoms with van der Waals surface area (Å²) in [4.78, 5) is 8.75. The number of benzene rings is 2. The number of hydrogen-bond acceptors (Lipinski definition) is 6. The van der Waals surface area contributed by atoms with Gasteiger partial charge in [-0.2, -0.15) is 4.98 Å². The van der Waals surface area contributed by atoms with Gasteiger partial charge < -0.3 is 20.1 Å². The van der Waals surface area contributed by atoms with Gasteiger partial charge >= 0.3 is 0 Å². The smallest absolute Gasteiger partial charge is 0.224 e. The maximum atomic E-state index is 5.45. The Labute approximate surface area is 153 Å². The topological polar surface area (TPSA) is 68.3 Å². The Morgan fingerprint density at radius 3 is 2.35 bits per heavy atom. The van der Waals surface area contributed by atoms with Crippen molar-refractivity contribution in [3.05, 3.63) is 66.4 Å². The fourth-order valence-electron chi connectivity index (χ4n) is 2.39. The molecule has 134 valence electrons. The number of anilines is 3. The van der Waals surface area contributed by atoms with Crippen molar-refractivity contribution in [2.45, 2.75) is 13.5 Å². The lowest BCUT2D eigenvalue weighted by Crippen LogP contribution is -2.05. The number of aromatic nitrogens is 2. The third-order valence-electron chi connectivity index (χ3n) is 3.70. The monoisotopic (exact) mass is 350 g/mol. The fraction of sp³-hybridized carbons (Fsp3) is 0.200. The first-order chi connectivity index (χ1) is 12.8. The van der Waals surface area contributed by atoms with Crippen LogP contribution in [0.5, 0.6) is 11.5 Å². The zero-order valence-corrected chi connectivity index (χ0v) is 14.9. The van der Waals surface area contributed by atoms with Crippen LogP contribution in [-0.4, -0.2) is 23.7 Å². The van der Waals surface area contributed by atoms with Crippen molar-refractivity contribution in [1.29, 1.82) is 0 Å². The number of nitrogens with zero attached hydrogens (tertiary/aromatic N) is 2. The third kappa shape index (κ3) is 4.86. The number of hydrogen-bond donors (Lipinski definition) is 2. The molecule has 26 heavy (non-hydrogen) atoms. The van der Waals surface area contributed by atoms with Crippen LogP contribution in [0.3, 0.4) is 0 Å². The molecule has 0 amide bonds. The number of ether oxygens (including phenoxy) is 2. The highest BCUT2D eigenvalue weighted by molar-refractivity contribution is 5.57. The molecule has 2 aromatic carbocycles. The summed E-state index contributed by atoms with van der Waals surface area (Å²) >= 11 is 0. The molecule has 3 aromatic rings. The fourth-order valence-corrected chi connectivity index (χ4v) is 2.39. The van der Waals surface area contributed by atoms with E-state index in [1.54, 1.807) is 13.3 Å². The lowest BCUT2D eigenvalue weighted by Gasteiger charge is -2.09. The highest BCUT2D eigenvalue weighted by Crippen LogP contribution is 2.19. The highest BCUT2D eigenvalue weighted by Gasteiger charge is 2.02. The third-order valence-corrected chi connectivity index (χ3v) is 3.70. The summed E-state index contributed by atoms with van der Waals surface area (Å²) < 4.78 is 10.6. The minimum absolute atomic E-state index is 0.566. The van der Waals surface area contributed by atoms with E-state index in [1.165, 1.54) is 0 Å². The van der Waals surface area contributed by atoms with Crippen LogP contribution in [-0.2, 0) is 6.54 Å². The summed E-state index contributed by atoms with van der Waals surface area (Å²) in [6.45, 7) is 3.26. The Kier molecular flexibility index (Phi) is 5.88. The van der Waals surface area contributed by atoms with E-state index in [4.69, 9.17) is 9.47 Å². The van der Waals surface area contributed by atoms with Crippen LogP contribution in [0.1, 0.15) is 12.5 Å². The molecule has 0 saturated heterocycles. The molecule has 1 heterocycles. The molecule has 0 unspecified atom stereocenters. The molecule has 0 aliphatic heterocycles. The first-order valence-electron chi connectivity index (χ1n) is 8.46. The van der Waals surface area contributed by atoms with Crippen LogP contribution in [0.25, 0.3) is 0 Å².